The number of sulfone groups is 1. The van der Waals surface area contributed by atoms with Gasteiger partial charge in [0, 0.05) is 11.5 Å². The van der Waals surface area contributed by atoms with Gasteiger partial charge in [-0.25, -0.2) is 12.8 Å². The molecule has 1 aromatic carbocycles. The number of amides is 1. The second-order valence-electron chi connectivity index (χ2n) is 4.96. The molecular formula is C15H16FNO3S. The first-order chi connectivity index (χ1) is 9.96. The van der Waals surface area contributed by atoms with Crippen LogP contribution in [0.25, 0.3) is 0 Å². The van der Waals surface area contributed by atoms with Gasteiger partial charge in [0.15, 0.2) is 0 Å². The van der Waals surface area contributed by atoms with Crippen molar-refractivity contribution in [1.82, 2.24) is 5.32 Å². The predicted molar refractivity (Wildman–Crippen MR) is 77.7 cm³/mol. The van der Waals surface area contributed by atoms with Gasteiger partial charge in [0.25, 0.3) is 0 Å². The zero-order chi connectivity index (χ0) is 15.3. The van der Waals surface area contributed by atoms with Gasteiger partial charge in [0.1, 0.15) is 15.7 Å². The Morgan fingerprint density at radius 2 is 2.05 bits per heavy atom. The summed E-state index contributed by atoms with van der Waals surface area (Å²) >= 11 is 0. The van der Waals surface area contributed by atoms with E-state index < -0.39 is 9.84 Å². The molecule has 6 heteroatoms. The molecule has 1 aliphatic heterocycles. The fourth-order valence-corrected chi connectivity index (χ4v) is 3.63. The highest BCUT2D eigenvalue weighted by molar-refractivity contribution is 7.91. The highest BCUT2D eigenvalue weighted by Crippen LogP contribution is 2.18. The third-order valence-electron chi connectivity index (χ3n) is 3.33. The Labute approximate surface area is 123 Å². The second-order valence-corrected chi connectivity index (χ2v) is 7.26. The first-order valence-electron chi connectivity index (χ1n) is 6.69. The average Bonchev–Trinajstić information content (AvgIpc) is 2.43. The lowest BCUT2D eigenvalue weighted by Gasteiger charge is -2.20. The Balaban J connectivity index is 1.80. The van der Waals surface area contributed by atoms with Crippen LogP contribution in [0.15, 0.2) is 24.3 Å². The maximum Gasteiger partial charge on any atom is 0.223 e. The van der Waals surface area contributed by atoms with Crippen molar-refractivity contribution in [3.63, 3.8) is 0 Å². The molecule has 2 rings (SSSR count). The fourth-order valence-electron chi connectivity index (χ4n) is 2.14. The molecule has 1 aromatic rings. The minimum absolute atomic E-state index is 0.0695. The Bertz CT molecular complexity index is 674. The van der Waals surface area contributed by atoms with Crippen molar-refractivity contribution in [2.45, 2.75) is 12.8 Å². The van der Waals surface area contributed by atoms with E-state index in [0.29, 0.717) is 18.4 Å². The number of carbonyl (C=O) groups excluding carboxylic acids is 1. The number of hydrogen-bond acceptors (Lipinski definition) is 3. The molecule has 0 atom stereocenters. The predicted octanol–water partition coefficient (Wildman–Crippen LogP) is 1.12. The topological polar surface area (TPSA) is 63.2 Å². The molecular weight excluding hydrogens is 293 g/mol. The molecule has 0 radical (unpaired) electrons. The van der Waals surface area contributed by atoms with Gasteiger partial charge >= 0.3 is 0 Å². The summed E-state index contributed by atoms with van der Waals surface area (Å²) in [4.78, 5) is 11.8. The summed E-state index contributed by atoms with van der Waals surface area (Å²) in [5, 5.41) is 2.66. The highest BCUT2D eigenvalue weighted by atomic mass is 32.2. The first kappa shape index (κ1) is 15.5. The van der Waals surface area contributed by atoms with Crippen molar-refractivity contribution in [2.24, 2.45) is 5.92 Å². The van der Waals surface area contributed by atoms with Crippen molar-refractivity contribution < 1.29 is 17.6 Å². The number of carbonyl (C=O) groups is 1. The van der Waals surface area contributed by atoms with Gasteiger partial charge in [-0.15, -0.1) is 0 Å². The van der Waals surface area contributed by atoms with Gasteiger partial charge in [0.2, 0.25) is 5.91 Å². The fraction of sp³-hybridized carbons (Fsp3) is 0.400. The van der Waals surface area contributed by atoms with E-state index in [-0.39, 0.29) is 35.7 Å². The summed E-state index contributed by atoms with van der Waals surface area (Å²) in [7, 11) is -2.96. The van der Waals surface area contributed by atoms with Crippen LogP contribution < -0.4 is 5.32 Å². The Morgan fingerprint density at radius 1 is 1.33 bits per heavy atom. The molecule has 0 spiro atoms. The molecule has 1 saturated heterocycles. The van der Waals surface area contributed by atoms with E-state index in [2.05, 4.69) is 17.2 Å². The first-order valence-corrected chi connectivity index (χ1v) is 8.51. The molecule has 112 valence electrons. The second kappa shape index (κ2) is 6.72. The van der Waals surface area contributed by atoms with E-state index in [1.165, 1.54) is 12.1 Å². The van der Waals surface area contributed by atoms with Crippen LogP contribution in [0.3, 0.4) is 0 Å². The zero-order valence-corrected chi connectivity index (χ0v) is 12.2. The van der Waals surface area contributed by atoms with Crippen molar-refractivity contribution >= 4 is 15.7 Å². The Hall–Kier alpha value is -1.87. The molecule has 0 aromatic heterocycles. The molecule has 4 nitrogen and oxygen atoms in total. The maximum atomic E-state index is 12.9. The van der Waals surface area contributed by atoms with E-state index in [9.17, 15) is 17.6 Å². The van der Waals surface area contributed by atoms with Crippen molar-refractivity contribution in [3.8, 4) is 11.8 Å². The van der Waals surface area contributed by atoms with Crippen LogP contribution in [-0.4, -0.2) is 32.4 Å². The zero-order valence-electron chi connectivity index (χ0n) is 11.4. The van der Waals surface area contributed by atoms with Crippen LogP contribution in [0, 0.1) is 23.6 Å². The van der Waals surface area contributed by atoms with Crippen LogP contribution in [0.4, 0.5) is 4.39 Å². The molecule has 1 N–H and O–H groups in total. The Kier molecular flexibility index (Phi) is 4.97. The normalized spacial score (nSPS) is 17.6. The summed E-state index contributed by atoms with van der Waals surface area (Å²) in [6.45, 7) is 0.165. The molecule has 21 heavy (non-hydrogen) atoms. The lowest BCUT2D eigenvalue weighted by molar-refractivity contribution is -0.124. The SMILES string of the molecule is O=C(NCC#Cc1cccc(F)c1)C1CCS(=O)(=O)CC1. The summed E-state index contributed by atoms with van der Waals surface area (Å²) in [6, 6.07) is 5.91. The standard InChI is InChI=1S/C15H16FNO3S/c16-14-5-1-3-12(11-14)4-2-8-17-15(18)13-6-9-21(19,20)10-7-13/h1,3,5,11,13H,6-10H2,(H,17,18). The van der Waals surface area contributed by atoms with E-state index in [1.54, 1.807) is 12.1 Å². The molecule has 0 unspecified atom stereocenters. The van der Waals surface area contributed by atoms with E-state index in [1.807, 2.05) is 0 Å². The van der Waals surface area contributed by atoms with Gasteiger partial charge in [0.05, 0.1) is 18.1 Å². The van der Waals surface area contributed by atoms with E-state index in [4.69, 9.17) is 0 Å². The quantitative estimate of drug-likeness (QED) is 0.833. The number of nitrogens with one attached hydrogen (secondary N) is 1. The highest BCUT2D eigenvalue weighted by Gasteiger charge is 2.27. The van der Waals surface area contributed by atoms with Crippen molar-refractivity contribution in [2.75, 3.05) is 18.1 Å². The summed E-state index contributed by atoms with van der Waals surface area (Å²) in [5.41, 5.74) is 0.549. The van der Waals surface area contributed by atoms with Crippen LogP contribution in [0.2, 0.25) is 0 Å². The van der Waals surface area contributed by atoms with Crippen molar-refractivity contribution in [1.29, 1.82) is 0 Å². The molecule has 0 aliphatic carbocycles. The van der Waals surface area contributed by atoms with E-state index in [0.717, 1.165) is 0 Å². The van der Waals surface area contributed by atoms with Crippen molar-refractivity contribution in [3.05, 3.63) is 35.6 Å². The van der Waals surface area contributed by atoms with E-state index >= 15 is 0 Å². The smallest absolute Gasteiger partial charge is 0.223 e. The molecule has 1 aliphatic rings. The number of halogens is 1. The third kappa shape index (κ3) is 4.87. The Morgan fingerprint density at radius 3 is 2.71 bits per heavy atom. The minimum Gasteiger partial charge on any atom is -0.345 e. The lowest BCUT2D eigenvalue weighted by atomic mass is 10.0. The van der Waals surface area contributed by atoms with Gasteiger partial charge < -0.3 is 5.32 Å². The lowest BCUT2D eigenvalue weighted by Crippen LogP contribution is -2.36. The maximum absolute atomic E-state index is 12.9. The molecule has 0 saturated carbocycles. The van der Waals surface area contributed by atoms with Gasteiger partial charge in [-0.05, 0) is 31.0 Å². The van der Waals surface area contributed by atoms with Gasteiger partial charge in [-0.2, -0.15) is 0 Å². The van der Waals surface area contributed by atoms with Crippen LogP contribution in [0.5, 0.6) is 0 Å². The summed E-state index contributed by atoms with van der Waals surface area (Å²) in [5.74, 6) is 4.86. The summed E-state index contributed by atoms with van der Waals surface area (Å²) in [6.07, 6.45) is 0.733. The minimum atomic E-state index is -2.96. The van der Waals surface area contributed by atoms with Crippen LogP contribution in [-0.2, 0) is 14.6 Å². The molecule has 0 bridgehead atoms. The molecule has 1 heterocycles. The average molecular weight is 309 g/mol. The third-order valence-corrected chi connectivity index (χ3v) is 5.05. The molecule has 1 amide bonds. The number of hydrogen-bond donors (Lipinski definition) is 1. The van der Waals surface area contributed by atoms with Gasteiger partial charge in [-0.3, -0.25) is 4.79 Å². The largest absolute Gasteiger partial charge is 0.345 e. The number of rotatable bonds is 2. The molecule has 1 fully saturated rings. The van der Waals surface area contributed by atoms with Crippen LogP contribution in [0.1, 0.15) is 18.4 Å². The van der Waals surface area contributed by atoms with Gasteiger partial charge in [-0.1, -0.05) is 17.9 Å². The monoisotopic (exact) mass is 309 g/mol. The van der Waals surface area contributed by atoms with Crippen LogP contribution >= 0.6 is 0 Å². The summed E-state index contributed by atoms with van der Waals surface area (Å²) < 4.78 is 35.5. The number of benzene rings is 1.